The molecule has 0 radical (unpaired) electrons. The number of sulfonamides is 1. The Morgan fingerprint density at radius 3 is 2.29 bits per heavy atom. The number of hydrogen-bond donors (Lipinski definition) is 0. The number of anilines is 1. The molecular weight excluding hydrogens is 480 g/mol. The first-order valence-electron chi connectivity index (χ1n) is 9.79. The lowest BCUT2D eigenvalue weighted by Gasteiger charge is -2.36. The Bertz CT molecular complexity index is 1320. The molecule has 1 fully saturated rings. The predicted octanol–water partition coefficient (Wildman–Crippen LogP) is 3.06. The molecule has 0 atom stereocenters. The van der Waals surface area contributed by atoms with Crippen molar-refractivity contribution in [2.45, 2.75) is 4.90 Å². The molecule has 10 heteroatoms. The molecule has 158 valence electrons. The zero-order valence-electron chi connectivity index (χ0n) is 16.5. The van der Waals surface area contributed by atoms with Crippen LogP contribution < -0.4 is 4.90 Å². The Morgan fingerprint density at radius 2 is 1.58 bits per heavy atom. The monoisotopic (exact) mass is 498 g/mol. The van der Waals surface area contributed by atoms with Crippen molar-refractivity contribution < 1.29 is 8.42 Å². The molecule has 4 aromatic rings. The highest BCUT2D eigenvalue weighted by atomic mass is 79.9. The summed E-state index contributed by atoms with van der Waals surface area (Å²) in [6, 6.07) is 16.7. The van der Waals surface area contributed by atoms with Crippen LogP contribution in [-0.4, -0.2) is 58.5 Å². The number of nitrogens with zero attached hydrogens (tertiary/aromatic N) is 6. The summed E-state index contributed by atoms with van der Waals surface area (Å²) >= 11 is 3.35. The minimum absolute atomic E-state index is 0.303. The molecule has 1 aliphatic rings. The van der Waals surface area contributed by atoms with Crippen molar-refractivity contribution in [3.63, 3.8) is 0 Å². The van der Waals surface area contributed by atoms with E-state index in [1.165, 1.54) is 10.6 Å². The highest BCUT2D eigenvalue weighted by Gasteiger charge is 2.30. The van der Waals surface area contributed by atoms with E-state index >= 15 is 0 Å². The second-order valence-corrected chi connectivity index (χ2v) is 10.0. The van der Waals surface area contributed by atoms with Gasteiger partial charge in [0.1, 0.15) is 12.1 Å². The van der Waals surface area contributed by atoms with Crippen molar-refractivity contribution in [2.75, 3.05) is 31.1 Å². The smallest absolute Gasteiger partial charge is 0.254 e. The van der Waals surface area contributed by atoms with Gasteiger partial charge in [-0.15, -0.1) is 0 Å². The standard InChI is InChI=1S/C21H19BrN6O2S/c22-17-6-8-18(9-7-17)31(29,30)27-12-10-26(11-13-27)20-19(16-4-2-1-3-5-16)14-23-21-24-15-25-28(20)21/h1-9,14-15H,10-13H2. The van der Waals surface area contributed by atoms with Gasteiger partial charge in [-0.3, -0.25) is 0 Å². The van der Waals surface area contributed by atoms with Gasteiger partial charge in [-0.2, -0.15) is 18.9 Å². The SMILES string of the molecule is O=S(=O)(c1ccc(Br)cc1)N1CCN(c2c(-c3ccccc3)cnc3ncnn23)CC1. The zero-order chi connectivity index (χ0) is 21.4. The van der Waals surface area contributed by atoms with Gasteiger partial charge in [0, 0.05) is 42.4 Å². The van der Waals surface area contributed by atoms with Crippen molar-refractivity contribution in [1.82, 2.24) is 23.9 Å². The summed E-state index contributed by atoms with van der Waals surface area (Å²) < 4.78 is 30.2. The van der Waals surface area contributed by atoms with E-state index in [2.05, 4.69) is 35.9 Å². The summed E-state index contributed by atoms with van der Waals surface area (Å²) in [6.45, 7) is 1.83. The highest BCUT2D eigenvalue weighted by Crippen LogP contribution is 2.31. The molecule has 0 aliphatic carbocycles. The van der Waals surface area contributed by atoms with Gasteiger partial charge in [0.15, 0.2) is 0 Å². The maximum absolute atomic E-state index is 13.1. The summed E-state index contributed by atoms with van der Waals surface area (Å²) in [6.07, 6.45) is 3.29. The van der Waals surface area contributed by atoms with Gasteiger partial charge in [0.2, 0.25) is 10.0 Å². The molecule has 8 nitrogen and oxygen atoms in total. The maximum Gasteiger partial charge on any atom is 0.254 e. The van der Waals surface area contributed by atoms with Crippen molar-refractivity contribution in [1.29, 1.82) is 0 Å². The van der Waals surface area contributed by atoms with Crippen molar-refractivity contribution >= 4 is 37.5 Å². The molecule has 0 saturated carbocycles. The highest BCUT2D eigenvalue weighted by molar-refractivity contribution is 9.10. The van der Waals surface area contributed by atoms with E-state index in [1.807, 2.05) is 30.3 Å². The molecule has 0 amide bonds. The number of hydrogen-bond acceptors (Lipinski definition) is 6. The summed E-state index contributed by atoms with van der Waals surface area (Å²) in [7, 11) is -3.54. The second-order valence-electron chi connectivity index (χ2n) is 7.18. The molecule has 31 heavy (non-hydrogen) atoms. The molecular formula is C21H19BrN6O2S. The van der Waals surface area contributed by atoms with Crippen LogP contribution in [0.2, 0.25) is 0 Å². The molecule has 0 spiro atoms. The molecule has 2 aromatic heterocycles. The van der Waals surface area contributed by atoms with Crippen LogP contribution in [0.25, 0.3) is 16.9 Å². The molecule has 5 rings (SSSR count). The Hall–Kier alpha value is -2.82. The summed E-state index contributed by atoms with van der Waals surface area (Å²) in [4.78, 5) is 11.1. The predicted molar refractivity (Wildman–Crippen MR) is 121 cm³/mol. The number of benzene rings is 2. The Morgan fingerprint density at radius 1 is 0.871 bits per heavy atom. The molecule has 1 saturated heterocycles. The molecule has 1 aliphatic heterocycles. The van der Waals surface area contributed by atoms with Crippen LogP contribution in [0.4, 0.5) is 5.82 Å². The molecule has 0 N–H and O–H groups in total. The van der Waals surface area contributed by atoms with Gasteiger partial charge in [0.25, 0.3) is 5.78 Å². The third-order valence-electron chi connectivity index (χ3n) is 5.35. The fourth-order valence-electron chi connectivity index (χ4n) is 3.79. The van der Waals surface area contributed by atoms with E-state index in [4.69, 9.17) is 0 Å². The van der Waals surface area contributed by atoms with Gasteiger partial charge >= 0.3 is 0 Å². The minimum atomic E-state index is -3.54. The van der Waals surface area contributed by atoms with Crippen LogP contribution in [0.5, 0.6) is 0 Å². The van der Waals surface area contributed by atoms with Crippen LogP contribution in [-0.2, 0) is 10.0 Å². The van der Waals surface area contributed by atoms with E-state index in [0.29, 0.717) is 36.9 Å². The lowest BCUT2D eigenvalue weighted by Crippen LogP contribution is -2.49. The molecule has 0 bridgehead atoms. The van der Waals surface area contributed by atoms with Crippen LogP contribution in [0.3, 0.4) is 0 Å². The Balaban J connectivity index is 1.46. The van der Waals surface area contributed by atoms with Gasteiger partial charge in [-0.1, -0.05) is 46.3 Å². The van der Waals surface area contributed by atoms with Gasteiger partial charge in [-0.05, 0) is 29.8 Å². The number of halogens is 1. The summed E-state index contributed by atoms with van der Waals surface area (Å²) in [5.41, 5.74) is 1.95. The molecule has 0 unspecified atom stereocenters. The average molecular weight is 499 g/mol. The Labute approximate surface area is 188 Å². The van der Waals surface area contributed by atoms with Crippen LogP contribution in [0, 0.1) is 0 Å². The first kappa shape index (κ1) is 20.1. The minimum Gasteiger partial charge on any atom is -0.353 e. The van der Waals surface area contributed by atoms with Crippen LogP contribution >= 0.6 is 15.9 Å². The largest absolute Gasteiger partial charge is 0.353 e. The Kier molecular flexibility index (Phi) is 5.20. The first-order chi connectivity index (χ1) is 15.0. The van der Waals surface area contributed by atoms with E-state index in [1.54, 1.807) is 35.0 Å². The topological polar surface area (TPSA) is 83.7 Å². The van der Waals surface area contributed by atoms with Crippen LogP contribution in [0.1, 0.15) is 0 Å². The number of piperazine rings is 1. The fraction of sp³-hybridized carbons (Fsp3) is 0.190. The van der Waals surface area contributed by atoms with Crippen molar-refractivity contribution in [2.24, 2.45) is 0 Å². The average Bonchev–Trinajstić information content (AvgIpc) is 3.28. The third-order valence-corrected chi connectivity index (χ3v) is 7.80. The summed E-state index contributed by atoms with van der Waals surface area (Å²) in [5, 5.41) is 4.37. The van der Waals surface area contributed by atoms with E-state index in [-0.39, 0.29) is 0 Å². The molecule has 3 heterocycles. The van der Waals surface area contributed by atoms with Crippen molar-refractivity contribution in [3.8, 4) is 11.1 Å². The number of rotatable bonds is 4. The first-order valence-corrected chi connectivity index (χ1v) is 12.0. The summed E-state index contributed by atoms with van der Waals surface area (Å²) in [5.74, 6) is 1.38. The fourth-order valence-corrected chi connectivity index (χ4v) is 5.48. The van der Waals surface area contributed by atoms with Gasteiger partial charge < -0.3 is 4.90 Å². The van der Waals surface area contributed by atoms with Crippen molar-refractivity contribution in [3.05, 3.63) is 71.6 Å². The van der Waals surface area contributed by atoms with E-state index in [0.717, 1.165) is 21.4 Å². The lowest BCUT2D eigenvalue weighted by atomic mass is 10.1. The van der Waals surface area contributed by atoms with Gasteiger partial charge in [0.05, 0.1) is 4.90 Å². The molecule has 2 aromatic carbocycles. The quantitative estimate of drug-likeness (QED) is 0.429. The number of fused-ring (bicyclic) bond motifs is 1. The van der Waals surface area contributed by atoms with Crippen LogP contribution in [0.15, 0.2) is 76.5 Å². The maximum atomic E-state index is 13.1. The zero-order valence-corrected chi connectivity index (χ0v) is 18.9. The van der Waals surface area contributed by atoms with E-state index in [9.17, 15) is 8.42 Å². The van der Waals surface area contributed by atoms with Gasteiger partial charge in [-0.25, -0.2) is 13.4 Å². The number of aromatic nitrogens is 4. The third kappa shape index (κ3) is 3.71. The van der Waals surface area contributed by atoms with E-state index < -0.39 is 10.0 Å². The lowest BCUT2D eigenvalue weighted by molar-refractivity contribution is 0.383. The normalized spacial score (nSPS) is 15.5. The second kappa shape index (κ2) is 8.03.